The average molecular weight is 377 g/mol. The van der Waals surface area contributed by atoms with E-state index < -0.39 is 11.6 Å². The molecule has 3 aromatic rings. The first-order valence-corrected chi connectivity index (χ1v) is 8.90. The molecule has 0 aromatic heterocycles. The minimum Gasteiger partial charge on any atom is -0.203 e. The molecule has 0 spiro atoms. The van der Waals surface area contributed by atoms with Gasteiger partial charge in [0.25, 0.3) is 0 Å². The number of hydrogen-bond donors (Lipinski definition) is 0. The van der Waals surface area contributed by atoms with Gasteiger partial charge in [-0.25, -0.2) is 8.78 Å². The van der Waals surface area contributed by atoms with Crippen LogP contribution in [-0.4, -0.2) is 0 Å². The predicted molar refractivity (Wildman–Crippen MR) is 96.9 cm³/mol. The Labute approximate surface area is 143 Å². The number of unbranched alkanes of at least 4 members (excludes halogenated alkanes) is 3. The van der Waals surface area contributed by atoms with Crippen molar-refractivity contribution >= 4 is 37.5 Å². The largest absolute Gasteiger partial charge is 0.203 e. The van der Waals surface area contributed by atoms with Crippen molar-refractivity contribution in [2.75, 3.05) is 0 Å². The normalized spacial score (nSPS) is 11.5. The number of aryl methyl sites for hydroxylation is 1. The van der Waals surface area contributed by atoms with E-state index in [4.69, 9.17) is 0 Å². The maximum Gasteiger partial charge on any atom is 0.167 e. The number of fused-ring (bicyclic) bond motifs is 3. The summed E-state index contributed by atoms with van der Waals surface area (Å²) < 4.78 is 29.6. The summed E-state index contributed by atoms with van der Waals surface area (Å²) >= 11 is 3.32. The van der Waals surface area contributed by atoms with Gasteiger partial charge in [-0.3, -0.25) is 0 Å². The lowest BCUT2D eigenvalue weighted by atomic mass is 9.97. The Kier molecular flexibility index (Phi) is 4.96. The van der Waals surface area contributed by atoms with Crippen LogP contribution in [0.25, 0.3) is 21.5 Å². The van der Waals surface area contributed by atoms with Gasteiger partial charge in [-0.15, -0.1) is 0 Å². The fraction of sp³-hybridized carbons (Fsp3) is 0.300. The lowest BCUT2D eigenvalue weighted by molar-refractivity contribution is 0.525. The minimum absolute atomic E-state index is 0.320. The Morgan fingerprint density at radius 2 is 1.43 bits per heavy atom. The summed E-state index contributed by atoms with van der Waals surface area (Å²) in [7, 11) is 0. The van der Waals surface area contributed by atoms with Gasteiger partial charge in [-0.1, -0.05) is 60.3 Å². The van der Waals surface area contributed by atoms with Gasteiger partial charge in [0, 0.05) is 15.2 Å². The summed E-state index contributed by atoms with van der Waals surface area (Å²) in [5.41, 5.74) is 1.07. The van der Waals surface area contributed by atoms with Crippen LogP contribution in [0.2, 0.25) is 0 Å². The highest BCUT2D eigenvalue weighted by Gasteiger charge is 2.15. The highest BCUT2D eigenvalue weighted by atomic mass is 79.9. The van der Waals surface area contributed by atoms with E-state index in [-0.39, 0.29) is 0 Å². The Hall–Kier alpha value is -1.48. The van der Waals surface area contributed by atoms with Gasteiger partial charge in [0.15, 0.2) is 11.6 Å². The molecule has 0 atom stereocenters. The van der Waals surface area contributed by atoms with Crippen molar-refractivity contribution in [3.05, 3.63) is 58.1 Å². The van der Waals surface area contributed by atoms with Gasteiger partial charge < -0.3 is 0 Å². The number of rotatable bonds is 5. The van der Waals surface area contributed by atoms with Crippen LogP contribution in [-0.2, 0) is 6.42 Å². The van der Waals surface area contributed by atoms with Crippen LogP contribution in [0.5, 0.6) is 0 Å². The van der Waals surface area contributed by atoms with E-state index >= 15 is 0 Å². The SMILES string of the molecule is CCCCCCc1ccc2c(c1)c(F)c(F)c1cc(Br)ccc12. The molecule has 0 aliphatic carbocycles. The third-order valence-electron chi connectivity index (χ3n) is 4.34. The summed E-state index contributed by atoms with van der Waals surface area (Å²) in [6, 6.07) is 11.1. The third kappa shape index (κ3) is 3.25. The zero-order chi connectivity index (χ0) is 16.4. The van der Waals surface area contributed by atoms with E-state index in [1.165, 1.54) is 19.3 Å². The molecule has 0 fully saturated rings. The Morgan fingerprint density at radius 3 is 2.13 bits per heavy atom. The van der Waals surface area contributed by atoms with Crippen molar-refractivity contribution < 1.29 is 8.78 Å². The Bertz CT molecular complexity index is 855. The monoisotopic (exact) mass is 376 g/mol. The minimum atomic E-state index is -0.767. The molecule has 0 unspecified atom stereocenters. The van der Waals surface area contributed by atoms with Crippen LogP contribution in [0.1, 0.15) is 38.2 Å². The first-order valence-electron chi connectivity index (χ1n) is 8.10. The van der Waals surface area contributed by atoms with E-state index in [1.54, 1.807) is 12.1 Å². The number of hydrogen-bond acceptors (Lipinski definition) is 0. The second-order valence-corrected chi connectivity index (χ2v) is 6.92. The molecule has 0 aliphatic heterocycles. The second kappa shape index (κ2) is 6.96. The van der Waals surface area contributed by atoms with Crippen LogP contribution in [0.15, 0.2) is 40.9 Å². The standard InChI is InChI=1S/C20H19BrF2/c1-2-3-4-5-6-13-7-9-15-16-10-8-14(21)12-18(16)20(23)19(22)17(15)11-13/h7-12H,2-6H2,1H3. The molecule has 0 aliphatic rings. The van der Waals surface area contributed by atoms with Gasteiger partial charge >= 0.3 is 0 Å². The lowest BCUT2D eigenvalue weighted by Crippen LogP contribution is -1.93. The second-order valence-electron chi connectivity index (χ2n) is 6.01. The molecule has 0 nitrogen and oxygen atoms in total. The molecular weight excluding hydrogens is 358 g/mol. The first-order chi connectivity index (χ1) is 11.1. The molecule has 120 valence electrons. The van der Waals surface area contributed by atoms with Gasteiger partial charge in [0.2, 0.25) is 0 Å². The van der Waals surface area contributed by atoms with Gasteiger partial charge in [0.05, 0.1) is 0 Å². The van der Waals surface area contributed by atoms with Crippen molar-refractivity contribution in [3.8, 4) is 0 Å². The van der Waals surface area contributed by atoms with Crippen LogP contribution >= 0.6 is 15.9 Å². The van der Waals surface area contributed by atoms with Gasteiger partial charge in [-0.2, -0.15) is 0 Å². The molecule has 3 aromatic carbocycles. The molecule has 3 heteroatoms. The summed E-state index contributed by atoms with van der Waals surface area (Å²) in [6.07, 6.45) is 5.59. The maximum absolute atomic E-state index is 14.5. The number of halogens is 3. The highest BCUT2D eigenvalue weighted by Crippen LogP contribution is 2.33. The van der Waals surface area contributed by atoms with Gasteiger partial charge in [-0.05, 0) is 47.4 Å². The van der Waals surface area contributed by atoms with Gasteiger partial charge in [0.1, 0.15) is 0 Å². The Balaban J connectivity index is 2.07. The quantitative estimate of drug-likeness (QED) is 0.327. The van der Waals surface area contributed by atoms with Crippen LogP contribution < -0.4 is 0 Å². The molecule has 0 saturated carbocycles. The van der Waals surface area contributed by atoms with Crippen LogP contribution in [0.4, 0.5) is 8.78 Å². The smallest absolute Gasteiger partial charge is 0.167 e. The molecular formula is C20H19BrF2. The fourth-order valence-corrected chi connectivity index (χ4v) is 3.45. The van der Waals surface area contributed by atoms with Crippen molar-refractivity contribution in [2.45, 2.75) is 39.0 Å². The predicted octanol–water partition coefficient (Wildman–Crippen LogP) is 7.16. The molecule has 3 rings (SSSR count). The average Bonchev–Trinajstić information content (AvgIpc) is 2.56. The first kappa shape index (κ1) is 16.4. The van der Waals surface area contributed by atoms with Crippen molar-refractivity contribution in [1.29, 1.82) is 0 Å². The van der Waals surface area contributed by atoms with Crippen LogP contribution in [0, 0.1) is 11.6 Å². The molecule has 0 heterocycles. The Morgan fingerprint density at radius 1 is 0.783 bits per heavy atom. The molecule has 0 N–H and O–H groups in total. The molecule has 0 bridgehead atoms. The topological polar surface area (TPSA) is 0 Å². The van der Waals surface area contributed by atoms with E-state index in [0.29, 0.717) is 10.8 Å². The van der Waals surface area contributed by atoms with Crippen LogP contribution in [0.3, 0.4) is 0 Å². The van der Waals surface area contributed by atoms with E-state index in [2.05, 4.69) is 22.9 Å². The fourth-order valence-electron chi connectivity index (χ4n) is 3.09. The lowest BCUT2D eigenvalue weighted by Gasteiger charge is -2.10. The molecule has 23 heavy (non-hydrogen) atoms. The molecule has 0 radical (unpaired) electrons. The number of benzene rings is 3. The molecule has 0 amide bonds. The van der Waals surface area contributed by atoms with E-state index in [9.17, 15) is 8.78 Å². The zero-order valence-electron chi connectivity index (χ0n) is 13.1. The zero-order valence-corrected chi connectivity index (χ0v) is 14.7. The summed E-state index contributed by atoms with van der Waals surface area (Å²) in [6.45, 7) is 2.18. The summed E-state index contributed by atoms with van der Waals surface area (Å²) in [5.74, 6) is -1.52. The maximum atomic E-state index is 14.5. The van der Waals surface area contributed by atoms with Crippen molar-refractivity contribution in [2.24, 2.45) is 0 Å². The summed E-state index contributed by atoms with van der Waals surface area (Å²) in [4.78, 5) is 0. The molecule has 0 saturated heterocycles. The third-order valence-corrected chi connectivity index (χ3v) is 4.83. The van der Waals surface area contributed by atoms with E-state index in [1.807, 2.05) is 24.3 Å². The van der Waals surface area contributed by atoms with Crippen molar-refractivity contribution in [1.82, 2.24) is 0 Å². The van der Waals surface area contributed by atoms with Crippen molar-refractivity contribution in [3.63, 3.8) is 0 Å². The highest BCUT2D eigenvalue weighted by molar-refractivity contribution is 9.10. The van der Waals surface area contributed by atoms with E-state index in [0.717, 1.165) is 33.7 Å². The summed E-state index contributed by atoms with van der Waals surface area (Å²) in [5, 5.41) is 2.22.